The van der Waals surface area contributed by atoms with Crippen molar-refractivity contribution < 1.29 is 9.47 Å². The van der Waals surface area contributed by atoms with Gasteiger partial charge in [-0.2, -0.15) is 5.26 Å². The van der Waals surface area contributed by atoms with Crippen LogP contribution in [0, 0.1) is 18.3 Å². The highest BCUT2D eigenvalue weighted by molar-refractivity contribution is 5.42. The summed E-state index contributed by atoms with van der Waals surface area (Å²) in [7, 11) is 0. The Morgan fingerprint density at radius 3 is 2.18 bits per heavy atom. The third-order valence-electron chi connectivity index (χ3n) is 3.22. The Morgan fingerprint density at radius 2 is 1.55 bits per heavy atom. The second-order valence-corrected chi connectivity index (χ2v) is 5.60. The molecule has 0 fully saturated rings. The summed E-state index contributed by atoms with van der Waals surface area (Å²) in [5, 5.41) is 9.04. The zero-order chi connectivity index (χ0) is 16.0. The van der Waals surface area contributed by atoms with E-state index in [4.69, 9.17) is 20.5 Å². The number of aryl methyl sites for hydroxylation is 1. The van der Waals surface area contributed by atoms with Gasteiger partial charge in [0.1, 0.15) is 30.8 Å². The Labute approximate surface area is 131 Å². The van der Waals surface area contributed by atoms with Crippen LogP contribution >= 0.6 is 0 Å². The first-order valence-corrected chi connectivity index (χ1v) is 7.11. The van der Waals surface area contributed by atoms with E-state index in [1.807, 2.05) is 44.2 Å². The molecule has 1 unspecified atom stereocenters. The molecule has 114 valence electrons. The van der Waals surface area contributed by atoms with E-state index < -0.39 is 5.54 Å². The molecule has 0 heterocycles. The SMILES string of the molecule is Cc1ccccc1OCC(C)(N)COc1ccccc1C#N. The largest absolute Gasteiger partial charge is 0.491 e. The third-order valence-corrected chi connectivity index (χ3v) is 3.22. The number of hydrogen-bond donors (Lipinski definition) is 1. The normalized spacial score (nSPS) is 13.0. The molecule has 1 atom stereocenters. The summed E-state index contributed by atoms with van der Waals surface area (Å²) < 4.78 is 11.5. The predicted molar refractivity (Wildman–Crippen MR) is 85.9 cm³/mol. The first-order chi connectivity index (χ1) is 10.5. The van der Waals surface area contributed by atoms with Gasteiger partial charge in [0.05, 0.1) is 11.1 Å². The number of nitriles is 1. The summed E-state index contributed by atoms with van der Waals surface area (Å²) in [5.74, 6) is 1.36. The second kappa shape index (κ2) is 6.97. The van der Waals surface area contributed by atoms with E-state index in [1.54, 1.807) is 18.2 Å². The molecule has 0 radical (unpaired) electrons. The summed E-state index contributed by atoms with van der Waals surface area (Å²) in [6, 6.07) is 17.0. The molecule has 2 aromatic carbocycles. The van der Waals surface area contributed by atoms with Crippen LogP contribution in [0.15, 0.2) is 48.5 Å². The van der Waals surface area contributed by atoms with Gasteiger partial charge in [0.15, 0.2) is 0 Å². The summed E-state index contributed by atoms with van der Waals surface area (Å²) in [6.45, 7) is 4.44. The van der Waals surface area contributed by atoms with Gasteiger partial charge in [-0.25, -0.2) is 0 Å². The van der Waals surface area contributed by atoms with Crippen LogP contribution < -0.4 is 15.2 Å². The molecule has 2 aromatic rings. The molecule has 2 rings (SSSR count). The molecule has 22 heavy (non-hydrogen) atoms. The predicted octanol–water partition coefficient (Wildman–Crippen LogP) is 3.04. The highest BCUT2D eigenvalue weighted by atomic mass is 16.5. The highest BCUT2D eigenvalue weighted by Gasteiger charge is 2.21. The molecule has 4 nitrogen and oxygen atoms in total. The van der Waals surface area contributed by atoms with Crippen molar-refractivity contribution in [3.63, 3.8) is 0 Å². The molecular weight excluding hydrogens is 276 g/mol. The minimum Gasteiger partial charge on any atom is -0.491 e. The maximum atomic E-state index is 9.04. The summed E-state index contributed by atoms with van der Waals surface area (Å²) in [6.07, 6.45) is 0. The Morgan fingerprint density at radius 1 is 1.00 bits per heavy atom. The van der Waals surface area contributed by atoms with Crippen molar-refractivity contribution in [3.05, 3.63) is 59.7 Å². The van der Waals surface area contributed by atoms with E-state index in [1.165, 1.54) is 0 Å². The van der Waals surface area contributed by atoms with Crippen molar-refractivity contribution in [2.24, 2.45) is 5.73 Å². The molecule has 0 aromatic heterocycles. The molecular formula is C18H20N2O2. The molecule has 0 amide bonds. The Bertz CT molecular complexity index is 675. The maximum absolute atomic E-state index is 9.04. The van der Waals surface area contributed by atoms with Crippen LogP contribution in [0.1, 0.15) is 18.1 Å². The molecule has 0 saturated heterocycles. The van der Waals surface area contributed by atoms with Crippen LogP contribution in [0.5, 0.6) is 11.5 Å². The third kappa shape index (κ3) is 4.24. The van der Waals surface area contributed by atoms with Crippen LogP contribution in [0.2, 0.25) is 0 Å². The summed E-state index contributed by atoms with van der Waals surface area (Å²) in [5.41, 5.74) is 7.12. The number of para-hydroxylation sites is 2. The van der Waals surface area contributed by atoms with E-state index in [0.717, 1.165) is 11.3 Å². The fraction of sp³-hybridized carbons (Fsp3) is 0.278. The molecule has 0 spiro atoms. The Hall–Kier alpha value is -2.51. The minimum absolute atomic E-state index is 0.261. The number of nitrogens with zero attached hydrogens (tertiary/aromatic N) is 1. The lowest BCUT2D eigenvalue weighted by Crippen LogP contribution is -2.48. The lowest BCUT2D eigenvalue weighted by Gasteiger charge is -2.25. The lowest BCUT2D eigenvalue weighted by molar-refractivity contribution is 0.158. The van der Waals surface area contributed by atoms with Gasteiger partial charge in [0.25, 0.3) is 0 Å². The van der Waals surface area contributed by atoms with Gasteiger partial charge in [-0.05, 0) is 37.6 Å². The topological polar surface area (TPSA) is 68.3 Å². The quantitative estimate of drug-likeness (QED) is 0.889. The molecule has 4 heteroatoms. The average molecular weight is 296 g/mol. The average Bonchev–Trinajstić information content (AvgIpc) is 2.52. The maximum Gasteiger partial charge on any atom is 0.137 e. The van der Waals surface area contributed by atoms with Gasteiger partial charge in [-0.1, -0.05) is 30.3 Å². The fourth-order valence-electron chi connectivity index (χ4n) is 1.93. The van der Waals surface area contributed by atoms with Gasteiger partial charge >= 0.3 is 0 Å². The van der Waals surface area contributed by atoms with Crippen LogP contribution in [-0.4, -0.2) is 18.8 Å². The summed E-state index contributed by atoms with van der Waals surface area (Å²) >= 11 is 0. The Kier molecular flexibility index (Phi) is 5.03. The molecule has 2 N–H and O–H groups in total. The first kappa shape index (κ1) is 15.9. The number of rotatable bonds is 6. The van der Waals surface area contributed by atoms with Crippen molar-refractivity contribution in [1.82, 2.24) is 0 Å². The van der Waals surface area contributed by atoms with Gasteiger partial charge in [-0.15, -0.1) is 0 Å². The molecule has 0 aliphatic heterocycles. The van der Waals surface area contributed by atoms with Gasteiger partial charge in [0, 0.05) is 0 Å². The fourth-order valence-corrected chi connectivity index (χ4v) is 1.93. The number of hydrogen-bond acceptors (Lipinski definition) is 4. The van der Waals surface area contributed by atoms with Crippen molar-refractivity contribution in [3.8, 4) is 17.6 Å². The zero-order valence-electron chi connectivity index (χ0n) is 12.9. The van der Waals surface area contributed by atoms with E-state index in [9.17, 15) is 0 Å². The Balaban J connectivity index is 1.94. The zero-order valence-corrected chi connectivity index (χ0v) is 12.9. The minimum atomic E-state index is -0.662. The van der Waals surface area contributed by atoms with E-state index in [0.29, 0.717) is 17.9 Å². The second-order valence-electron chi connectivity index (χ2n) is 5.60. The van der Waals surface area contributed by atoms with Crippen LogP contribution in [0.4, 0.5) is 0 Å². The van der Waals surface area contributed by atoms with Gasteiger partial charge in [0.2, 0.25) is 0 Å². The van der Waals surface area contributed by atoms with Gasteiger partial charge < -0.3 is 15.2 Å². The van der Waals surface area contributed by atoms with Crippen molar-refractivity contribution in [2.75, 3.05) is 13.2 Å². The van der Waals surface area contributed by atoms with Crippen molar-refractivity contribution in [1.29, 1.82) is 5.26 Å². The summed E-state index contributed by atoms with van der Waals surface area (Å²) in [4.78, 5) is 0. The highest BCUT2D eigenvalue weighted by Crippen LogP contribution is 2.20. The van der Waals surface area contributed by atoms with E-state index >= 15 is 0 Å². The molecule has 0 bridgehead atoms. The van der Waals surface area contributed by atoms with Crippen molar-refractivity contribution in [2.45, 2.75) is 19.4 Å². The van der Waals surface area contributed by atoms with E-state index in [-0.39, 0.29) is 6.61 Å². The molecule has 0 aliphatic rings. The first-order valence-electron chi connectivity index (χ1n) is 7.11. The van der Waals surface area contributed by atoms with Crippen molar-refractivity contribution >= 4 is 0 Å². The number of nitrogens with two attached hydrogens (primary N) is 1. The standard InChI is InChI=1S/C18H20N2O2/c1-14-7-3-5-9-16(14)21-12-18(2,20)13-22-17-10-6-4-8-15(17)11-19/h3-10H,12-13,20H2,1-2H3. The van der Waals surface area contributed by atoms with Gasteiger partial charge in [-0.3, -0.25) is 0 Å². The lowest BCUT2D eigenvalue weighted by atomic mass is 10.1. The molecule has 0 saturated carbocycles. The smallest absolute Gasteiger partial charge is 0.137 e. The van der Waals surface area contributed by atoms with E-state index in [2.05, 4.69) is 6.07 Å². The number of ether oxygens (including phenoxy) is 2. The monoisotopic (exact) mass is 296 g/mol. The number of benzene rings is 2. The van der Waals surface area contributed by atoms with Crippen LogP contribution in [-0.2, 0) is 0 Å². The van der Waals surface area contributed by atoms with Crippen LogP contribution in [0.25, 0.3) is 0 Å². The molecule has 0 aliphatic carbocycles. The van der Waals surface area contributed by atoms with Crippen LogP contribution in [0.3, 0.4) is 0 Å².